The molecule has 0 saturated carbocycles. The lowest BCUT2D eigenvalue weighted by atomic mass is 10.2. The summed E-state index contributed by atoms with van der Waals surface area (Å²) in [6.45, 7) is 3.73. The van der Waals surface area contributed by atoms with Crippen LogP contribution in [0, 0.1) is 5.82 Å². The summed E-state index contributed by atoms with van der Waals surface area (Å²) in [6.07, 6.45) is 0. The van der Waals surface area contributed by atoms with E-state index in [1.165, 1.54) is 13.2 Å². The van der Waals surface area contributed by atoms with Gasteiger partial charge in [0.1, 0.15) is 17.3 Å². The molecule has 2 rings (SSSR count). The van der Waals surface area contributed by atoms with Gasteiger partial charge in [0, 0.05) is 24.7 Å². The Balaban J connectivity index is 1.90. The zero-order valence-corrected chi connectivity index (χ0v) is 12.4. The zero-order valence-electron chi connectivity index (χ0n) is 12.4. The van der Waals surface area contributed by atoms with Crippen LogP contribution in [-0.2, 0) is 13.1 Å². The van der Waals surface area contributed by atoms with Gasteiger partial charge in [-0.3, -0.25) is 0 Å². The zero-order chi connectivity index (χ0) is 15.1. The van der Waals surface area contributed by atoms with E-state index in [4.69, 9.17) is 9.47 Å². The molecular weight excluding hydrogens is 269 g/mol. The molecule has 0 bridgehead atoms. The molecule has 4 heteroatoms. The summed E-state index contributed by atoms with van der Waals surface area (Å²) in [5, 5.41) is 3.23. The van der Waals surface area contributed by atoms with E-state index in [-0.39, 0.29) is 5.82 Å². The Morgan fingerprint density at radius 1 is 1.05 bits per heavy atom. The summed E-state index contributed by atoms with van der Waals surface area (Å²) in [6, 6.07) is 12.8. The molecule has 112 valence electrons. The third-order valence-electron chi connectivity index (χ3n) is 3.11. The monoisotopic (exact) mass is 289 g/mol. The number of nitrogens with one attached hydrogen (secondary N) is 1. The van der Waals surface area contributed by atoms with Crippen LogP contribution in [0.2, 0.25) is 0 Å². The van der Waals surface area contributed by atoms with Crippen molar-refractivity contribution < 1.29 is 13.9 Å². The maximum Gasteiger partial charge on any atom is 0.131 e. The topological polar surface area (TPSA) is 30.5 Å². The maximum absolute atomic E-state index is 13.8. The molecule has 0 unspecified atom stereocenters. The first-order valence-electron chi connectivity index (χ1n) is 6.97. The second-order valence-electron chi connectivity index (χ2n) is 4.64. The normalized spacial score (nSPS) is 10.4. The first-order chi connectivity index (χ1) is 10.2. The van der Waals surface area contributed by atoms with Crippen LogP contribution in [0.15, 0.2) is 42.5 Å². The lowest BCUT2D eigenvalue weighted by molar-refractivity contribution is 0.340. The predicted molar refractivity (Wildman–Crippen MR) is 81.1 cm³/mol. The van der Waals surface area contributed by atoms with Crippen molar-refractivity contribution in [3.8, 4) is 11.5 Å². The summed E-state index contributed by atoms with van der Waals surface area (Å²) >= 11 is 0. The lowest BCUT2D eigenvalue weighted by Crippen LogP contribution is -2.13. The first kappa shape index (κ1) is 15.3. The van der Waals surface area contributed by atoms with Crippen LogP contribution in [-0.4, -0.2) is 13.7 Å². The molecule has 0 fully saturated rings. The van der Waals surface area contributed by atoms with E-state index in [9.17, 15) is 4.39 Å². The second-order valence-corrected chi connectivity index (χ2v) is 4.64. The maximum atomic E-state index is 13.8. The van der Waals surface area contributed by atoms with E-state index in [0.717, 1.165) is 11.3 Å². The fraction of sp³-hybridized carbons (Fsp3) is 0.294. The van der Waals surface area contributed by atoms with E-state index in [2.05, 4.69) is 5.32 Å². The summed E-state index contributed by atoms with van der Waals surface area (Å²) in [5.74, 6) is 1.12. The Morgan fingerprint density at radius 3 is 2.62 bits per heavy atom. The highest BCUT2D eigenvalue weighted by molar-refractivity contribution is 5.30. The summed E-state index contributed by atoms with van der Waals surface area (Å²) in [4.78, 5) is 0. The van der Waals surface area contributed by atoms with Gasteiger partial charge in [-0.15, -0.1) is 0 Å². The minimum atomic E-state index is -0.259. The molecular formula is C17H20FNO2. The lowest BCUT2D eigenvalue weighted by Gasteiger charge is -2.09. The van der Waals surface area contributed by atoms with Gasteiger partial charge in [-0.05, 0) is 30.7 Å². The highest BCUT2D eigenvalue weighted by Crippen LogP contribution is 2.17. The highest BCUT2D eigenvalue weighted by Gasteiger charge is 2.04. The smallest absolute Gasteiger partial charge is 0.131 e. The number of rotatable bonds is 7. The number of hydrogen-bond donors (Lipinski definition) is 1. The van der Waals surface area contributed by atoms with E-state index >= 15 is 0 Å². The van der Waals surface area contributed by atoms with Crippen LogP contribution in [0.25, 0.3) is 0 Å². The standard InChI is InChI=1S/C17H20FNO2/c1-3-21-16-6-4-5-13(9-16)11-19-12-14-7-8-15(20-2)10-17(14)18/h4-10,19H,3,11-12H2,1-2H3. The van der Waals surface area contributed by atoms with Crippen molar-refractivity contribution in [1.29, 1.82) is 0 Å². The van der Waals surface area contributed by atoms with Gasteiger partial charge in [-0.25, -0.2) is 4.39 Å². The molecule has 0 radical (unpaired) electrons. The van der Waals surface area contributed by atoms with Gasteiger partial charge in [0.25, 0.3) is 0 Å². The minimum Gasteiger partial charge on any atom is -0.497 e. The van der Waals surface area contributed by atoms with Gasteiger partial charge in [-0.2, -0.15) is 0 Å². The number of methoxy groups -OCH3 is 1. The summed E-state index contributed by atoms with van der Waals surface area (Å²) in [7, 11) is 1.53. The van der Waals surface area contributed by atoms with Crippen molar-refractivity contribution in [1.82, 2.24) is 5.32 Å². The molecule has 0 aromatic heterocycles. The van der Waals surface area contributed by atoms with Crippen LogP contribution in [0.3, 0.4) is 0 Å². The molecule has 0 amide bonds. The second kappa shape index (κ2) is 7.64. The van der Waals surface area contributed by atoms with Crippen molar-refractivity contribution in [2.24, 2.45) is 0 Å². The Labute approximate surface area is 124 Å². The van der Waals surface area contributed by atoms with Crippen LogP contribution in [0.1, 0.15) is 18.1 Å². The number of benzene rings is 2. The van der Waals surface area contributed by atoms with Gasteiger partial charge < -0.3 is 14.8 Å². The largest absolute Gasteiger partial charge is 0.497 e. The SMILES string of the molecule is CCOc1cccc(CNCc2ccc(OC)cc2F)c1. The molecule has 2 aromatic rings. The Kier molecular flexibility index (Phi) is 5.58. The average molecular weight is 289 g/mol. The van der Waals surface area contributed by atoms with Crippen LogP contribution < -0.4 is 14.8 Å². The third kappa shape index (κ3) is 4.46. The third-order valence-corrected chi connectivity index (χ3v) is 3.11. The van der Waals surface area contributed by atoms with Gasteiger partial charge in [0.05, 0.1) is 13.7 Å². The number of halogens is 1. The molecule has 0 heterocycles. The van der Waals surface area contributed by atoms with Gasteiger partial charge >= 0.3 is 0 Å². The van der Waals surface area contributed by atoms with Gasteiger partial charge in [0.15, 0.2) is 0 Å². The fourth-order valence-corrected chi connectivity index (χ4v) is 2.05. The minimum absolute atomic E-state index is 0.259. The molecule has 3 nitrogen and oxygen atoms in total. The highest BCUT2D eigenvalue weighted by atomic mass is 19.1. The van der Waals surface area contributed by atoms with E-state index in [0.29, 0.717) is 31.0 Å². The van der Waals surface area contributed by atoms with Crippen molar-refractivity contribution in [3.63, 3.8) is 0 Å². The van der Waals surface area contributed by atoms with Crippen LogP contribution in [0.4, 0.5) is 4.39 Å². The molecule has 0 aliphatic rings. The Bertz CT molecular complexity index is 587. The fourth-order valence-electron chi connectivity index (χ4n) is 2.05. The van der Waals surface area contributed by atoms with Crippen molar-refractivity contribution in [2.45, 2.75) is 20.0 Å². The van der Waals surface area contributed by atoms with Gasteiger partial charge in [-0.1, -0.05) is 18.2 Å². The molecule has 0 spiro atoms. The molecule has 0 aliphatic carbocycles. The van der Waals surface area contributed by atoms with E-state index < -0.39 is 0 Å². The van der Waals surface area contributed by atoms with Crippen LogP contribution >= 0.6 is 0 Å². The molecule has 0 aliphatic heterocycles. The summed E-state index contributed by atoms with van der Waals surface area (Å²) < 4.78 is 24.2. The molecule has 21 heavy (non-hydrogen) atoms. The quantitative estimate of drug-likeness (QED) is 0.846. The van der Waals surface area contributed by atoms with Gasteiger partial charge in [0.2, 0.25) is 0 Å². The van der Waals surface area contributed by atoms with Crippen molar-refractivity contribution in [2.75, 3.05) is 13.7 Å². The number of ether oxygens (including phenoxy) is 2. The van der Waals surface area contributed by atoms with E-state index in [1.807, 2.05) is 31.2 Å². The van der Waals surface area contributed by atoms with Crippen molar-refractivity contribution in [3.05, 3.63) is 59.4 Å². The molecule has 2 aromatic carbocycles. The first-order valence-corrected chi connectivity index (χ1v) is 6.97. The Hall–Kier alpha value is -2.07. The van der Waals surface area contributed by atoms with Crippen molar-refractivity contribution >= 4 is 0 Å². The molecule has 0 atom stereocenters. The Morgan fingerprint density at radius 2 is 1.90 bits per heavy atom. The van der Waals surface area contributed by atoms with Crippen LogP contribution in [0.5, 0.6) is 11.5 Å². The average Bonchev–Trinajstić information content (AvgIpc) is 2.49. The summed E-state index contributed by atoms with van der Waals surface area (Å²) in [5.41, 5.74) is 1.73. The predicted octanol–water partition coefficient (Wildman–Crippen LogP) is 3.52. The van der Waals surface area contributed by atoms with E-state index in [1.54, 1.807) is 12.1 Å². The molecule has 1 N–H and O–H groups in total. The number of hydrogen-bond acceptors (Lipinski definition) is 3. The molecule has 0 saturated heterocycles.